The highest BCUT2D eigenvalue weighted by Gasteiger charge is 2.21. The molecule has 3 nitrogen and oxygen atoms in total. The molecule has 1 N–H and O–H groups in total. The quantitative estimate of drug-likeness (QED) is 0.662. The standard InChI is InChI=1S/C14H17N3S/c1-10(8-15-11-6-7-11)18-14-12-4-2-3-5-13(12)16-9-17-14/h2-5,9-11,15H,6-8H2,1H3. The molecule has 1 atom stereocenters. The Bertz CT molecular complexity index is 534. The maximum Gasteiger partial charge on any atom is 0.117 e. The number of para-hydroxylation sites is 1. The molecule has 1 saturated carbocycles. The zero-order valence-corrected chi connectivity index (χ0v) is 11.3. The van der Waals surface area contributed by atoms with E-state index in [-0.39, 0.29) is 0 Å². The van der Waals surface area contributed by atoms with Crippen molar-refractivity contribution < 1.29 is 0 Å². The summed E-state index contributed by atoms with van der Waals surface area (Å²) in [5, 5.41) is 6.34. The van der Waals surface area contributed by atoms with Crippen molar-refractivity contribution in [3.63, 3.8) is 0 Å². The van der Waals surface area contributed by atoms with Gasteiger partial charge in [-0.25, -0.2) is 9.97 Å². The highest BCUT2D eigenvalue weighted by atomic mass is 32.2. The Hall–Kier alpha value is -1.13. The molecule has 0 aliphatic heterocycles. The molecular formula is C14H17N3S. The van der Waals surface area contributed by atoms with Gasteiger partial charge in [-0.15, -0.1) is 11.8 Å². The first-order chi connectivity index (χ1) is 8.83. The zero-order valence-electron chi connectivity index (χ0n) is 10.5. The topological polar surface area (TPSA) is 37.8 Å². The van der Waals surface area contributed by atoms with Gasteiger partial charge in [0.15, 0.2) is 0 Å². The van der Waals surface area contributed by atoms with Crippen LogP contribution in [0.3, 0.4) is 0 Å². The Morgan fingerprint density at radius 2 is 2.17 bits per heavy atom. The molecule has 1 heterocycles. The van der Waals surface area contributed by atoms with Crippen LogP contribution in [0.4, 0.5) is 0 Å². The minimum absolute atomic E-state index is 0.531. The van der Waals surface area contributed by atoms with E-state index >= 15 is 0 Å². The van der Waals surface area contributed by atoms with Crippen LogP contribution < -0.4 is 5.32 Å². The summed E-state index contributed by atoms with van der Waals surface area (Å²) in [5.41, 5.74) is 1.03. The van der Waals surface area contributed by atoms with Gasteiger partial charge in [-0.05, 0) is 18.9 Å². The summed E-state index contributed by atoms with van der Waals surface area (Å²) in [4.78, 5) is 8.71. The first kappa shape index (κ1) is 11.9. The molecule has 94 valence electrons. The van der Waals surface area contributed by atoms with Crippen molar-refractivity contribution in [2.75, 3.05) is 6.54 Å². The van der Waals surface area contributed by atoms with Crippen molar-refractivity contribution in [1.82, 2.24) is 15.3 Å². The molecule has 0 amide bonds. The largest absolute Gasteiger partial charge is 0.313 e. The molecule has 3 rings (SSSR count). The predicted octanol–water partition coefficient (Wildman–Crippen LogP) is 2.86. The SMILES string of the molecule is CC(CNC1CC1)Sc1ncnc2ccccc12. The van der Waals surface area contributed by atoms with Crippen molar-refractivity contribution in [3.05, 3.63) is 30.6 Å². The fraction of sp³-hybridized carbons (Fsp3) is 0.429. The molecule has 1 aromatic carbocycles. The second kappa shape index (κ2) is 5.24. The van der Waals surface area contributed by atoms with E-state index in [4.69, 9.17) is 0 Å². The molecule has 1 fully saturated rings. The van der Waals surface area contributed by atoms with Gasteiger partial charge in [0.1, 0.15) is 11.4 Å². The number of hydrogen-bond acceptors (Lipinski definition) is 4. The summed E-state index contributed by atoms with van der Waals surface area (Å²) in [7, 11) is 0. The summed E-state index contributed by atoms with van der Waals surface area (Å²) >= 11 is 1.83. The second-order valence-corrected chi connectivity index (χ2v) is 6.23. The van der Waals surface area contributed by atoms with Crippen molar-refractivity contribution in [2.24, 2.45) is 0 Å². The van der Waals surface area contributed by atoms with E-state index in [2.05, 4.69) is 28.3 Å². The van der Waals surface area contributed by atoms with Gasteiger partial charge in [-0.1, -0.05) is 25.1 Å². The summed E-state index contributed by atoms with van der Waals surface area (Å²) in [6, 6.07) is 8.97. The third kappa shape index (κ3) is 2.82. The van der Waals surface area contributed by atoms with Crippen LogP contribution in [-0.4, -0.2) is 27.8 Å². The number of nitrogens with zero attached hydrogens (tertiary/aromatic N) is 2. The van der Waals surface area contributed by atoms with Crippen LogP contribution in [0.1, 0.15) is 19.8 Å². The zero-order chi connectivity index (χ0) is 12.4. The maximum absolute atomic E-state index is 4.41. The van der Waals surface area contributed by atoms with Crippen molar-refractivity contribution >= 4 is 22.7 Å². The van der Waals surface area contributed by atoms with E-state index in [9.17, 15) is 0 Å². The van der Waals surface area contributed by atoms with Gasteiger partial charge in [-0.3, -0.25) is 0 Å². The monoisotopic (exact) mass is 259 g/mol. The lowest BCUT2D eigenvalue weighted by molar-refractivity contribution is 0.679. The average molecular weight is 259 g/mol. The molecule has 18 heavy (non-hydrogen) atoms. The highest BCUT2D eigenvalue weighted by Crippen LogP contribution is 2.28. The van der Waals surface area contributed by atoms with Gasteiger partial charge in [0, 0.05) is 23.2 Å². The van der Waals surface area contributed by atoms with E-state index in [1.54, 1.807) is 6.33 Å². The lowest BCUT2D eigenvalue weighted by Crippen LogP contribution is -2.24. The number of rotatable bonds is 5. The van der Waals surface area contributed by atoms with E-state index in [1.165, 1.54) is 12.8 Å². The molecule has 1 unspecified atom stereocenters. The third-order valence-electron chi connectivity index (χ3n) is 3.09. The lowest BCUT2D eigenvalue weighted by Gasteiger charge is -2.12. The van der Waals surface area contributed by atoms with E-state index < -0.39 is 0 Å². The fourth-order valence-electron chi connectivity index (χ4n) is 1.93. The van der Waals surface area contributed by atoms with Crippen LogP contribution in [0.5, 0.6) is 0 Å². The number of fused-ring (bicyclic) bond motifs is 1. The number of nitrogens with one attached hydrogen (secondary N) is 1. The number of benzene rings is 1. The smallest absolute Gasteiger partial charge is 0.117 e. The van der Waals surface area contributed by atoms with E-state index in [1.807, 2.05) is 30.0 Å². The van der Waals surface area contributed by atoms with Crippen LogP contribution >= 0.6 is 11.8 Å². The van der Waals surface area contributed by atoms with Gasteiger partial charge < -0.3 is 5.32 Å². The molecule has 1 aliphatic rings. The van der Waals surface area contributed by atoms with Crippen LogP contribution in [0.25, 0.3) is 10.9 Å². The van der Waals surface area contributed by atoms with E-state index in [0.717, 1.165) is 28.5 Å². The Morgan fingerprint density at radius 3 is 3.00 bits per heavy atom. The minimum atomic E-state index is 0.531. The Labute approximate surface area is 111 Å². The molecule has 1 aromatic heterocycles. The third-order valence-corrected chi connectivity index (χ3v) is 4.21. The number of thioether (sulfide) groups is 1. The fourth-order valence-corrected chi connectivity index (χ4v) is 2.89. The molecule has 2 aromatic rings. The van der Waals surface area contributed by atoms with Gasteiger partial charge >= 0.3 is 0 Å². The first-order valence-electron chi connectivity index (χ1n) is 6.43. The average Bonchev–Trinajstić information content (AvgIpc) is 3.21. The van der Waals surface area contributed by atoms with Crippen LogP contribution in [0.15, 0.2) is 35.6 Å². The second-order valence-electron chi connectivity index (χ2n) is 4.81. The van der Waals surface area contributed by atoms with Gasteiger partial charge in [0.05, 0.1) is 5.52 Å². The van der Waals surface area contributed by atoms with Crippen LogP contribution in [0.2, 0.25) is 0 Å². The van der Waals surface area contributed by atoms with Gasteiger partial charge in [0.25, 0.3) is 0 Å². The van der Waals surface area contributed by atoms with Crippen LogP contribution in [-0.2, 0) is 0 Å². The van der Waals surface area contributed by atoms with Crippen LogP contribution in [0, 0.1) is 0 Å². The Kier molecular flexibility index (Phi) is 3.48. The lowest BCUT2D eigenvalue weighted by atomic mass is 10.2. The molecule has 0 bridgehead atoms. The van der Waals surface area contributed by atoms with Crippen molar-refractivity contribution in [3.8, 4) is 0 Å². The summed E-state index contributed by atoms with van der Waals surface area (Å²) < 4.78 is 0. The molecular weight excluding hydrogens is 242 g/mol. The normalized spacial score (nSPS) is 16.9. The Morgan fingerprint density at radius 1 is 1.33 bits per heavy atom. The summed E-state index contributed by atoms with van der Waals surface area (Å²) in [6.45, 7) is 3.30. The highest BCUT2D eigenvalue weighted by molar-refractivity contribution is 8.00. The van der Waals surface area contributed by atoms with E-state index in [0.29, 0.717) is 5.25 Å². The van der Waals surface area contributed by atoms with Crippen molar-refractivity contribution in [2.45, 2.75) is 36.1 Å². The first-order valence-corrected chi connectivity index (χ1v) is 7.30. The molecule has 4 heteroatoms. The molecule has 0 saturated heterocycles. The molecule has 0 radical (unpaired) electrons. The minimum Gasteiger partial charge on any atom is -0.313 e. The predicted molar refractivity (Wildman–Crippen MR) is 75.9 cm³/mol. The summed E-state index contributed by atoms with van der Waals surface area (Å²) in [6.07, 6.45) is 4.34. The van der Waals surface area contributed by atoms with Crippen molar-refractivity contribution in [1.29, 1.82) is 0 Å². The summed E-state index contributed by atoms with van der Waals surface area (Å²) in [5.74, 6) is 0. The van der Waals surface area contributed by atoms with Gasteiger partial charge in [0.2, 0.25) is 0 Å². The number of hydrogen-bond donors (Lipinski definition) is 1. The Balaban J connectivity index is 1.72. The molecule has 1 aliphatic carbocycles. The maximum atomic E-state index is 4.41. The molecule has 0 spiro atoms. The number of aromatic nitrogens is 2. The van der Waals surface area contributed by atoms with Gasteiger partial charge in [-0.2, -0.15) is 0 Å².